The first-order valence-corrected chi connectivity index (χ1v) is 5.11. The van der Waals surface area contributed by atoms with E-state index in [1.54, 1.807) is 0 Å². The highest BCUT2D eigenvalue weighted by atomic mass is 16.4. The van der Waals surface area contributed by atoms with E-state index in [2.05, 4.69) is 10.6 Å². The lowest BCUT2D eigenvalue weighted by molar-refractivity contribution is -0.142. The highest BCUT2D eigenvalue weighted by molar-refractivity contribution is 5.89. The molecule has 0 aromatic rings. The van der Waals surface area contributed by atoms with Crippen molar-refractivity contribution < 1.29 is 24.3 Å². The lowest BCUT2D eigenvalue weighted by Crippen LogP contribution is -2.51. The van der Waals surface area contributed by atoms with Crippen LogP contribution in [0.2, 0.25) is 0 Å². The van der Waals surface area contributed by atoms with Gasteiger partial charge >= 0.3 is 12.0 Å². The summed E-state index contributed by atoms with van der Waals surface area (Å²) in [4.78, 5) is 43.3. The average Bonchev–Trinajstić information content (AvgIpc) is 2.21. The first kappa shape index (κ1) is 15.7. The Morgan fingerprint density at radius 1 is 1.17 bits per heavy atom. The second-order valence-electron chi connectivity index (χ2n) is 3.63. The van der Waals surface area contributed by atoms with E-state index in [1.165, 1.54) is 6.92 Å². The Labute approximate surface area is 103 Å². The molecule has 4 amide bonds. The minimum atomic E-state index is -1.30. The molecule has 7 N–H and O–H groups in total. The van der Waals surface area contributed by atoms with Gasteiger partial charge in [-0.3, -0.25) is 9.59 Å². The van der Waals surface area contributed by atoms with E-state index in [0.717, 1.165) is 0 Å². The van der Waals surface area contributed by atoms with E-state index in [-0.39, 0.29) is 12.8 Å². The van der Waals surface area contributed by atoms with Crippen molar-refractivity contribution in [2.24, 2.45) is 11.5 Å². The summed E-state index contributed by atoms with van der Waals surface area (Å²) >= 11 is 0. The van der Waals surface area contributed by atoms with Crippen molar-refractivity contribution in [2.75, 3.05) is 0 Å². The fourth-order valence-corrected chi connectivity index (χ4v) is 1.12. The molecule has 1 unspecified atom stereocenters. The molecule has 0 radical (unpaired) electrons. The SMILES string of the molecule is CC(NC(N)=O)C(=O)N[C@H](CCC(N)=O)C(=O)O. The van der Waals surface area contributed by atoms with Crippen molar-refractivity contribution >= 4 is 23.8 Å². The van der Waals surface area contributed by atoms with Crippen molar-refractivity contribution in [3.05, 3.63) is 0 Å². The second kappa shape index (κ2) is 7.09. The molecule has 0 aliphatic rings. The van der Waals surface area contributed by atoms with E-state index >= 15 is 0 Å². The molecule has 0 aliphatic carbocycles. The van der Waals surface area contributed by atoms with Gasteiger partial charge in [-0.25, -0.2) is 9.59 Å². The van der Waals surface area contributed by atoms with Crippen LogP contribution in [0, 0.1) is 0 Å². The van der Waals surface area contributed by atoms with E-state index in [1.807, 2.05) is 0 Å². The maximum absolute atomic E-state index is 11.5. The highest BCUT2D eigenvalue weighted by Gasteiger charge is 2.23. The van der Waals surface area contributed by atoms with Gasteiger partial charge in [-0.2, -0.15) is 0 Å². The normalized spacial score (nSPS) is 13.2. The van der Waals surface area contributed by atoms with Crippen LogP contribution in [-0.4, -0.2) is 41.0 Å². The summed E-state index contributed by atoms with van der Waals surface area (Å²) in [7, 11) is 0. The number of urea groups is 1. The van der Waals surface area contributed by atoms with Crippen LogP contribution in [0.25, 0.3) is 0 Å². The van der Waals surface area contributed by atoms with Gasteiger partial charge in [-0.15, -0.1) is 0 Å². The van der Waals surface area contributed by atoms with Crippen LogP contribution in [0.1, 0.15) is 19.8 Å². The van der Waals surface area contributed by atoms with Gasteiger partial charge < -0.3 is 27.2 Å². The molecule has 0 fully saturated rings. The summed E-state index contributed by atoms with van der Waals surface area (Å²) in [5.74, 6) is -2.68. The second-order valence-corrected chi connectivity index (χ2v) is 3.63. The van der Waals surface area contributed by atoms with Crippen LogP contribution in [0.3, 0.4) is 0 Å². The zero-order valence-corrected chi connectivity index (χ0v) is 9.80. The summed E-state index contributed by atoms with van der Waals surface area (Å²) in [6.45, 7) is 1.34. The summed E-state index contributed by atoms with van der Waals surface area (Å²) in [5.41, 5.74) is 9.69. The zero-order valence-electron chi connectivity index (χ0n) is 9.80. The number of nitrogens with two attached hydrogens (primary N) is 2. The Bertz CT molecular complexity index is 357. The molecule has 9 heteroatoms. The summed E-state index contributed by atoms with van der Waals surface area (Å²) in [6, 6.07) is -3.12. The van der Waals surface area contributed by atoms with Crippen LogP contribution in [0.15, 0.2) is 0 Å². The monoisotopic (exact) mass is 260 g/mol. The van der Waals surface area contributed by atoms with Crippen molar-refractivity contribution in [1.29, 1.82) is 0 Å². The fourth-order valence-electron chi connectivity index (χ4n) is 1.12. The van der Waals surface area contributed by atoms with E-state index in [0.29, 0.717) is 0 Å². The average molecular weight is 260 g/mol. The number of hydrogen-bond donors (Lipinski definition) is 5. The van der Waals surface area contributed by atoms with Gasteiger partial charge in [0.15, 0.2) is 0 Å². The van der Waals surface area contributed by atoms with Gasteiger partial charge in [0.2, 0.25) is 11.8 Å². The van der Waals surface area contributed by atoms with Crippen LogP contribution in [0.4, 0.5) is 4.79 Å². The smallest absolute Gasteiger partial charge is 0.326 e. The maximum Gasteiger partial charge on any atom is 0.326 e. The molecule has 0 saturated heterocycles. The van der Waals surface area contributed by atoms with Gasteiger partial charge in [0.25, 0.3) is 0 Å². The fraction of sp³-hybridized carbons (Fsp3) is 0.556. The quantitative estimate of drug-likeness (QED) is 0.352. The largest absolute Gasteiger partial charge is 0.480 e. The van der Waals surface area contributed by atoms with Crippen molar-refractivity contribution in [3.8, 4) is 0 Å². The summed E-state index contributed by atoms with van der Waals surface area (Å²) < 4.78 is 0. The molecule has 102 valence electrons. The maximum atomic E-state index is 11.5. The van der Waals surface area contributed by atoms with Gasteiger partial charge in [0.05, 0.1) is 0 Å². The molecular formula is C9H16N4O5. The Kier molecular flexibility index (Phi) is 6.18. The molecule has 0 heterocycles. The van der Waals surface area contributed by atoms with Crippen LogP contribution >= 0.6 is 0 Å². The molecule has 0 aromatic heterocycles. The van der Waals surface area contributed by atoms with E-state index < -0.39 is 35.9 Å². The van der Waals surface area contributed by atoms with Crippen LogP contribution in [-0.2, 0) is 14.4 Å². The zero-order chi connectivity index (χ0) is 14.3. The molecule has 0 rings (SSSR count). The Hall–Kier alpha value is -2.32. The number of nitrogens with one attached hydrogen (secondary N) is 2. The van der Waals surface area contributed by atoms with Crippen LogP contribution < -0.4 is 22.1 Å². The Morgan fingerprint density at radius 3 is 2.11 bits per heavy atom. The molecule has 18 heavy (non-hydrogen) atoms. The summed E-state index contributed by atoms with van der Waals surface area (Å²) in [6.07, 6.45) is -0.297. The first-order valence-electron chi connectivity index (χ1n) is 5.11. The number of amides is 4. The van der Waals surface area contributed by atoms with Crippen molar-refractivity contribution in [2.45, 2.75) is 31.8 Å². The number of carbonyl (C=O) groups is 4. The number of rotatable bonds is 7. The standard InChI is InChI=1S/C9H16N4O5/c1-4(12-9(11)18)7(15)13-5(8(16)17)2-3-6(10)14/h4-5H,2-3H2,1H3,(H2,10,14)(H,13,15)(H,16,17)(H3,11,12,18)/t4?,5-/m1/s1. The lowest BCUT2D eigenvalue weighted by Gasteiger charge is -2.17. The molecular weight excluding hydrogens is 244 g/mol. The lowest BCUT2D eigenvalue weighted by atomic mass is 10.1. The molecule has 0 spiro atoms. The Morgan fingerprint density at radius 2 is 1.72 bits per heavy atom. The third-order valence-electron chi connectivity index (χ3n) is 2.05. The van der Waals surface area contributed by atoms with Crippen molar-refractivity contribution in [3.63, 3.8) is 0 Å². The van der Waals surface area contributed by atoms with Gasteiger partial charge in [-0.05, 0) is 13.3 Å². The third-order valence-corrected chi connectivity index (χ3v) is 2.05. The van der Waals surface area contributed by atoms with Crippen molar-refractivity contribution in [1.82, 2.24) is 10.6 Å². The van der Waals surface area contributed by atoms with Gasteiger partial charge in [0.1, 0.15) is 12.1 Å². The number of hydrogen-bond acceptors (Lipinski definition) is 4. The third kappa shape index (κ3) is 6.30. The number of primary amides is 2. The van der Waals surface area contributed by atoms with Gasteiger partial charge in [0, 0.05) is 6.42 Å². The highest BCUT2D eigenvalue weighted by Crippen LogP contribution is 1.98. The number of aliphatic carboxylic acids is 1. The summed E-state index contributed by atoms with van der Waals surface area (Å²) in [5, 5.41) is 13.1. The number of carboxylic acid groups (broad SMARTS) is 1. The molecule has 9 nitrogen and oxygen atoms in total. The number of carbonyl (C=O) groups excluding carboxylic acids is 3. The molecule has 0 saturated carbocycles. The first-order chi connectivity index (χ1) is 8.23. The van der Waals surface area contributed by atoms with E-state index in [4.69, 9.17) is 16.6 Å². The molecule has 0 aromatic carbocycles. The predicted molar refractivity (Wildman–Crippen MR) is 60.2 cm³/mol. The minimum Gasteiger partial charge on any atom is -0.480 e. The number of carboxylic acids is 1. The molecule has 0 bridgehead atoms. The molecule has 0 aliphatic heterocycles. The topological polar surface area (TPSA) is 165 Å². The predicted octanol–water partition coefficient (Wildman–Crippen LogP) is -2.12. The van der Waals surface area contributed by atoms with Gasteiger partial charge in [-0.1, -0.05) is 0 Å². The van der Waals surface area contributed by atoms with E-state index in [9.17, 15) is 19.2 Å². The van der Waals surface area contributed by atoms with Crippen LogP contribution in [0.5, 0.6) is 0 Å². The molecule has 2 atom stereocenters. The minimum absolute atomic E-state index is 0.125. The Balaban J connectivity index is 4.40.